The Balaban J connectivity index is 1.85. The third kappa shape index (κ3) is 6.03. The van der Waals surface area contributed by atoms with Crippen molar-refractivity contribution < 1.29 is 18.9 Å². The smallest absolute Gasteiger partial charge is 0.414 e. The van der Waals surface area contributed by atoms with Crippen LogP contribution in [-0.4, -0.2) is 43.1 Å². The van der Waals surface area contributed by atoms with E-state index in [9.17, 15) is 18.9 Å². The van der Waals surface area contributed by atoms with Crippen molar-refractivity contribution in [2.24, 2.45) is 4.36 Å². The molecule has 33 heavy (non-hydrogen) atoms. The van der Waals surface area contributed by atoms with Gasteiger partial charge in [0.25, 0.3) is 5.91 Å². The Labute approximate surface area is 196 Å². The van der Waals surface area contributed by atoms with Gasteiger partial charge >= 0.3 is 6.09 Å². The molecule has 8 nitrogen and oxygen atoms in total. The quantitative estimate of drug-likeness (QED) is 0.549. The molecule has 1 aromatic carbocycles. The van der Waals surface area contributed by atoms with Gasteiger partial charge in [-0.15, -0.1) is 0 Å². The number of hydrogen-bond acceptors (Lipinski definition) is 6. The summed E-state index contributed by atoms with van der Waals surface area (Å²) in [5.41, 5.74) is -0.0322. The van der Waals surface area contributed by atoms with Crippen LogP contribution in [0, 0.1) is 11.8 Å². The van der Waals surface area contributed by atoms with Gasteiger partial charge in [0.15, 0.2) is 5.13 Å². The summed E-state index contributed by atoms with van der Waals surface area (Å²) in [5, 5.41) is 9.82. The third-order valence-electron chi connectivity index (χ3n) is 4.30. The fourth-order valence-corrected chi connectivity index (χ4v) is 4.92. The lowest BCUT2D eigenvalue weighted by atomic mass is 10.1. The number of carboxylic acid groups (broad SMARTS) is 1. The normalized spacial score (nSPS) is 12.7. The molecule has 0 aliphatic carbocycles. The lowest BCUT2D eigenvalue weighted by Crippen LogP contribution is -2.45. The number of anilines is 1. The first-order chi connectivity index (χ1) is 15.5. The van der Waals surface area contributed by atoms with E-state index in [0.29, 0.717) is 20.5 Å². The van der Waals surface area contributed by atoms with E-state index in [1.807, 2.05) is 0 Å². The maximum atomic E-state index is 12.9. The van der Waals surface area contributed by atoms with E-state index in [2.05, 4.69) is 26.2 Å². The molecular formula is C23H22N4O4S2. The molecule has 0 bridgehead atoms. The maximum Gasteiger partial charge on any atom is 0.414 e. The number of amides is 2. The van der Waals surface area contributed by atoms with E-state index < -0.39 is 27.3 Å². The molecule has 0 saturated heterocycles. The number of carbonyl (C=O) groups excluding carboxylic acids is 1. The van der Waals surface area contributed by atoms with Gasteiger partial charge in [0.1, 0.15) is 0 Å². The molecule has 2 amide bonds. The van der Waals surface area contributed by atoms with Gasteiger partial charge in [-0.3, -0.25) is 9.78 Å². The second kappa shape index (κ2) is 9.52. The van der Waals surface area contributed by atoms with E-state index in [1.54, 1.807) is 51.1 Å². The zero-order chi connectivity index (χ0) is 24.2. The van der Waals surface area contributed by atoms with Crippen molar-refractivity contribution >= 4 is 38.2 Å². The van der Waals surface area contributed by atoms with Crippen LogP contribution in [0.2, 0.25) is 0 Å². The Kier molecular flexibility index (Phi) is 6.95. The molecule has 10 heteroatoms. The summed E-state index contributed by atoms with van der Waals surface area (Å²) in [5.74, 6) is 5.16. The van der Waals surface area contributed by atoms with Crippen molar-refractivity contribution in [2.75, 3.05) is 11.2 Å². The van der Waals surface area contributed by atoms with Crippen LogP contribution in [0.15, 0.2) is 64.2 Å². The molecule has 1 atom stereocenters. The second-order valence-corrected chi connectivity index (χ2v) is 11.3. The SMILES string of the molecule is CC(C)(C)N(C(=O)O)c1ncc(C#Cc2cncc(C(=O)N=S(C)(=O)c3ccccc3)c2)s1. The minimum atomic E-state index is -2.90. The molecule has 0 fully saturated rings. The first-order valence-corrected chi connectivity index (χ1v) is 12.5. The highest BCUT2D eigenvalue weighted by Gasteiger charge is 2.30. The van der Waals surface area contributed by atoms with Crippen molar-refractivity contribution in [3.8, 4) is 11.8 Å². The van der Waals surface area contributed by atoms with Gasteiger partial charge in [-0.2, -0.15) is 4.36 Å². The van der Waals surface area contributed by atoms with E-state index in [0.717, 1.165) is 11.3 Å². The largest absolute Gasteiger partial charge is 0.465 e. The molecule has 3 aromatic rings. The Morgan fingerprint density at radius 1 is 1.12 bits per heavy atom. The molecule has 0 radical (unpaired) electrons. The average molecular weight is 483 g/mol. The van der Waals surface area contributed by atoms with Crippen LogP contribution < -0.4 is 4.90 Å². The zero-order valence-corrected chi connectivity index (χ0v) is 20.1. The van der Waals surface area contributed by atoms with Gasteiger partial charge in [-0.1, -0.05) is 35.5 Å². The summed E-state index contributed by atoms with van der Waals surface area (Å²) < 4.78 is 16.8. The van der Waals surface area contributed by atoms with Gasteiger partial charge in [0.05, 0.1) is 26.4 Å². The van der Waals surface area contributed by atoms with Crippen LogP contribution in [0.1, 0.15) is 41.6 Å². The first kappa shape index (κ1) is 24.1. The molecule has 2 heterocycles. The molecule has 0 spiro atoms. The third-order valence-corrected chi connectivity index (χ3v) is 6.86. The van der Waals surface area contributed by atoms with Crippen molar-refractivity contribution in [3.63, 3.8) is 0 Å². The van der Waals surface area contributed by atoms with Crippen LogP contribution in [-0.2, 0) is 9.73 Å². The van der Waals surface area contributed by atoms with Gasteiger partial charge in [-0.05, 0) is 44.9 Å². The van der Waals surface area contributed by atoms with Crippen molar-refractivity contribution in [1.82, 2.24) is 9.97 Å². The van der Waals surface area contributed by atoms with E-state index >= 15 is 0 Å². The van der Waals surface area contributed by atoms with Crippen LogP contribution in [0.4, 0.5) is 9.93 Å². The van der Waals surface area contributed by atoms with E-state index in [1.165, 1.54) is 35.8 Å². The van der Waals surface area contributed by atoms with Crippen molar-refractivity contribution in [2.45, 2.75) is 31.2 Å². The summed E-state index contributed by atoms with van der Waals surface area (Å²) in [6.07, 6.45) is 4.65. The number of pyridine rings is 1. The first-order valence-electron chi connectivity index (χ1n) is 9.75. The molecular weight excluding hydrogens is 460 g/mol. The number of nitrogens with zero attached hydrogens (tertiary/aromatic N) is 4. The predicted molar refractivity (Wildman–Crippen MR) is 128 cm³/mol. The summed E-state index contributed by atoms with van der Waals surface area (Å²) in [7, 11) is -2.90. The maximum absolute atomic E-state index is 12.9. The number of aromatic nitrogens is 2. The summed E-state index contributed by atoms with van der Waals surface area (Å²) in [6.45, 7) is 5.33. The Morgan fingerprint density at radius 3 is 2.45 bits per heavy atom. The minimum Gasteiger partial charge on any atom is -0.465 e. The molecule has 1 unspecified atom stereocenters. The van der Waals surface area contributed by atoms with Gasteiger partial charge in [0, 0.05) is 34.6 Å². The fourth-order valence-electron chi connectivity index (χ4n) is 2.78. The Morgan fingerprint density at radius 2 is 1.82 bits per heavy atom. The van der Waals surface area contributed by atoms with Gasteiger partial charge < -0.3 is 5.11 Å². The monoisotopic (exact) mass is 482 g/mol. The van der Waals surface area contributed by atoms with Gasteiger partial charge in [-0.25, -0.2) is 18.9 Å². The number of carbonyl (C=O) groups is 2. The average Bonchev–Trinajstić information content (AvgIpc) is 3.19. The standard InChI is InChI=1S/C23H22N4O4S2/c1-23(2,3)27(22(29)30)21-25-15-18(32-21)11-10-16-12-17(14-24-13-16)20(28)26-33(4,31)19-8-6-5-7-9-19/h5-9,12-15H,1-4H3,(H,29,30). The highest BCUT2D eigenvalue weighted by molar-refractivity contribution is 7.93. The molecule has 170 valence electrons. The van der Waals surface area contributed by atoms with Crippen LogP contribution in [0.5, 0.6) is 0 Å². The van der Waals surface area contributed by atoms with Crippen LogP contribution in [0.3, 0.4) is 0 Å². The fraction of sp³-hybridized carbons (Fsp3) is 0.217. The summed E-state index contributed by atoms with van der Waals surface area (Å²) >= 11 is 1.15. The molecule has 2 aromatic heterocycles. The van der Waals surface area contributed by atoms with Crippen LogP contribution in [0.25, 0.3) is 0 Å². The molecule has 0 aliphatic heterocycles. The number of rotatable bonds is 3. The number of hydrogen-bond donors (Lipinski definition) is 1. The van der Waals surface area contributed by atoms with Crippen molar-refractivity contribution in [3.05, 3.63) is 71.0 Å². The number of thiazole rings is 1. The summed E-state index contributed by atoms with van der Waals surface area (Å²) in [4.78, 5) is 34.6. The predicted octanol–water partition coefficient (Wildman–Crippen LogP) is 4.52. The molecule has 0 aliphatic rings. The molecule has 3 rings (SSSR count). The van der Waals surface area contributed by atoms with E-state index in [4.69, 9.17) is 0 Å². The second-order valence-electron chi connectivity index (χ2n) is 8.02. The number of benzene rings is 1. The molecule has 1 N–H and O–H groups in total. The highest BCUT2D eigenvalue weighted by atomic mass is 32.2. The van der Waals surface area contributed by atoms with Gasteiger partial charge in [0.2, 0.25) is 0 Å². The lowest BCUT2D eigenvalue weighted by Gasteiger charge is -2.30. The minimum absolute atomic E-state index is 0.169. The summed E-state index contributed by atoms with van der Waals surface area (Å²) in [6, 6.07) is 10.1. The van der Waals surface area contributed by atoms with E-state index in [-0.39, 0.29) is 5.56 Å². The molecule has 0 saturated carbocycles. The lowest BCUT2D eigenvalue weighted by molar-refractivity contribution is 0.100. The topological polar surface area (TPSA) is 113 Å². The Hall–Kier alpha value is -3.55. The highest BCUT2D eigenvalue weighted by Crippen LogP contribution is 2.28. The zero-order valence-electron chi connectivity index (χ0n) is 18.5. The van der Waals surface area contributed by atoms with Crippen LogP contribution >= 0.6 is 11.3 Å². The Bertz CT molecular complexity index is 1370. The van der Waals surface area contributed by atoms with Crippen molar-refractivity contribution in [1.29, 1.82) is 0 Å².